The number of carboxylic acids is 1. The summed E-state index contributed by atoms with van der Waals surface area (Å²) in [6, 6.07) is 12.1. The van der Waals surface area contributed by atoms with Crippen molar-refractivity contribution in [3.05, 3.63) is 64.9 Å². The number of carbonyl (C=O) groups is 2. The van der Waals surface area contributed by atoms with Crippen LogP contribution in [0, 0.1) is 0 Å². The first-order valence-corrected chi connectivity index (χ1v) is 11.3. The van der Waals surface area contributed by atoms with Gasteiger partial charge in [-0.3, -0.25) is 4.79 Å². The quantitative estimate of drug-likeness (QED) is 0.450. The van der Waals surface area contributed by atoms with Crippen molar-refractivity contribution in [1.29, 1.82) is 0 Å². The van der Waals surface area contributed by atoms with Crippen molar-refractivity contribution in [1.82, 2.24) is 14.8 Å². The zero-order chi connectivity index (χ0) is 25.4. The maximum atomic E-state index is 13.6. The number of nitrogen functional groups attached to an aromatic ring is 1. The first kappa shape index (κ1) is 23.2. The Morgan fingerprint density at radius 1 is 1.11 bits per heavy atom. The number of carboxylic acid groups (broad SMARTS) is 1. The molecule has 2 aromatic carbocycles. The van der Waals surface area contributed by atoms with Crippen LogP contribution in [0.5, 0.6) is 17.2 Å². The lowest BCUT2D eigenvalue weighted by Gasteiger charge is -2.35. The molecule has 0 saturated carbocycles. The van der Waals surface area contributed by atoms with Gasteiger partial charge in [0.2, 0.25) is 11.9 Å². The van der Waals surface area contributed by atoms with Crippen LogP contribution in [-0.2, 0) is 9.59 Å². The second-order valence-electron chi connectivity index (χ2n) is 8.55. The third-order valence-corrected chi connectivity index (χ3v) is 6.37. The van der Waals surface area contributed by atoms with Gasteiger partial charge in [-0.05, 0) is 47.7 Å². The van der Waals surface area contributed by atoms with E-state index in [4.69, 9.17) is 25.1 Å². The number of fused-ring (bicyclic) bond motifs is 1. The molecular formula is C25H25N5O6. The lowest BCUT2D eigenvalue weighted by atomic mass is 9.78. The molecule has 0 fully saturated rings. The highest BCUT2D eigenvalue weighted by molar-refractivity contribution is 6.00. The van der Waals surface area contributed by atoms with Gasteiger partial charge < -0.3 is 30.4 Å². The predicted octanol–water partition coefficient (Wildman–Crippen LogP) is 2.76. The number of ether oxygens (including phenoxy) is 3. The van der Waals surface area contributed by atoms with Crippen molar-refractivity contribution in [3.63, 3.8) is 0 Å². The number of aliphatic carboxylic acids is 1. The van der Waals surface area contributed by atoms with Crippen molar-refractivity contribution in [2.24, 2.45) is 0 Å². The maximum Gasteiger partial charge on any atom is 0.341 e. The van der Waals surface area contributed by atoms with Crippen molar-refractivity contribution < 1.29 is 28.9 Å². The number of benzene rings is 2. The first-order valence-electron chi connectivity index (χ1n) is 11.3. The molecule has 5 rings (SSSR count). The standard InChI is InChI=1S/C25H25N5O6/c1-34-19-8-5-14(11-20(19)35-2)15-9-17-22(18(31)10-15)23(30-25(27-17)28-24(26)29-30)13-3-6-16(7-4-13)36-12-21(32)33/h3-8,11,15,23H,9-10,12H2,1-2H3,(H,32,33)(H3,26,27,28,29)/t15-,23+/m1/s1. The van der Waals surface area contributed by atoms with Gasteiger partial charge in [0, 0.05) is 17.7 Å². The summed E-state index contributed by atoms with van der Waals surface area (Å²) in [6.07, 6.45) is 0.894. The molecular weight excluding hydrogens is 466 g/mol. The average molecular weight is 492 g/mol. The lowest BCUT2D eigenvalue weighted by Crippen LogP contribution is -2.33. The third-order valence-electron chi connectivity index (χ3n) is 6.37. The summed E-state index contributed by atoms with van der Waals surface area (Å²) in [4.78, 5) is 28.7. The minimum Gasteiger partial charge on any atom is -0.493 e. The molecule has 1 aromatic heterocycles. The molecule has 0 radical (unpaired) electrons. The Labute approximate surface area is 206 Å². The van der Waals surface area contributed by atoms with Crippen LogP contribution in [0.1, 0.15) is 35.9 Å². The highest BCUT2D eigenvalue weighted by Gasteiger charge is 2.39. The summed E-state index contributed by atoms with van der Waals surface area (Å²) < 4.78 is 17.6. The zero-order valence-electron chi connectivity index (χ0n) is 19.7. The van der Waals surface area contributed by atoms with Crippen LogP contribution in [0.4, 0.5) is 11.9 Å². The summed E-state index contributed by atoms with van der Waals surface area (Å²) in [5.74, 6) is 1.03. The highest BCUT2D eigenvalue weighted by Crippen LogP contribution is 2.45. The van der Waals surface area contributed by atoms with Crippen LogP contribution in [0.25, 0.3) is 0 Å². The second kappa shape index (κ2) is 9.25. The Hall–Kier alpha value is -4.54. The number of carbonyl (C=O) groups excluding carboxylic acids is 1. The normalized spacial score (nSPS) is 18.7. The Kier molecular flexibility index (Phi) is 5.96. The molecule has 2 atom stereocenters. The van der Waals surface area contributed by atoms with E-state index in [-0.39, 0.29) is 17.6 Å². The van der Waals surface area contributed by atoms with Gasteiger partial charge >= 0.3 is 5.97 Å². The number of rotatable bonds is 7. The molecule has 0 amide bonds. The van der Waals surface area contributed by atoms with Crippen molar-refractivity contribution in [3.8, 4) is 17.2 Å². The number of hydrogen-bond donors (Lipinski definition) is 3. The number of anilines is 2. The fourth-order valence-corrected chi connectivity index (χ4v) is 4.77. The molecule has 2 aliphatic rings. The van der Waals surface area contributed by atoms with Gasteiger partial charge in [-0.1, -0.05) is 18.2 Å². The molecule has 11 nitrogen and oxygen atoms in total. The number of allylic oxidation sites excluding steroid dienone is 2. The number of Topliss-reactive ketones (excluding diaryl/α,β-unsaturated/α-hetero) is 1. The molecule has 3 aromatic rings. The average Bonchev–Trinajstić information content (AvgIpc) is 3.25. The summed E-state index contributed by atoms with van der Waals surface area (Å²) in [7, 11) is 3.16. The van der Waals surface area contributed by atoms with Gasteiger partial charge in [0.25, 0.3) is 0 Å². The molecule has 186 valence electrons. The number of ketones is 1. The molecule has 4 N–H and O–H groups in total. The van der Waals surface area contributed by atoms with Gasteiger partial charge in [-0.2, -0.15) is 4.98 Å². The predicted molar refractivity (Wildman–Crippen MR) is 129 cm³/mol. The van der Waals surface area contributed by atoms with Crippen LogP contribution < -0.4 is 25.3 Å². The number of hydrogen-bond acceptors (Lipinski definition) is 9. The SMILES string of the molecule is COc1ccc([C@H]2CC(=O)C3=C(C2)Nc2nc(N)nn2[C@H]3c2ccc(OCC(=O)O)cc2)cc1OC. The summed E-state index contributed by atoms with van der Waals surface area (Å²) in [6.45, 7) is -0.443. The minimum atomic E-state index is -1.06. The summed E-state index contributed by atoms with van der Waals surface area (Å²) >= 11 is 0. The third kappa shape index (κ3) is 4.19. The van der Waals surface area contributed by atoms with Gasteiger partial charge in [-0.25, -0.2) is 9.48 Å². The van der Waals surface area contributed by atoms with E-state index < -0.39 is 18.6 Å². The monoisotopic (exact) mass is 491 g/mol. The largest absolute Gasteiger partial charge is 0.493 e. The van der Waals surface area contributed by atoms with Crippen LogP contribution in [0.15, 0.2) is 53.7 Å². The molecule has 2 heterocycles. The maximum absolute atomic E-state index is 13.6. The zero-order valence-corrected chi connectivity index (χ0v) is 19.7. The van der Waals surface area contributed by atoms with Crippen molar-refractivity contribution in [2.45, 2.75) is 24.8 Å². The minimum absolute atomic E-state index is 0.0144. The van der Waals surface area contributed by atoms with Gasteiger partial charge in [0.1, 0.15) is 11.8 Å². The van der Waals surface area contributed by atoms with E-state index in [1.807, 2.05) is 18.2 Å². The molecule has 1 aliphatic carbocycles. The Bertz CT molecular complexity index is 1360. The Balaban J connectivity index is 1.50. The van der Waals surface area contributed by atoms with E-state index in [1.165, 1.54) is 0 Å². The van der Waals surface area contributed by atoms with Gasteiger partial charge in [0.15, 0.2) is 23.9 Å². The van der Waals surface area contributed by atoms with E-state index in [0.717, 1.165) is 16.8 Å². The second-order valence-corrected chi connectivity index (χ2v) is 8.55. The number of nitrogens with one attached hydrogen (secondary N) is 1. The lowest BCUT2D eigenvalue weighted by molar-refractivity contribution is -0.139. The van der Waals surface area contributed by atoms with Crippen LogP contribution in [0.2, 0.25) is 0 Å². The van der Waals surface area contributed by atoms with Gasteiger partial charge in [0.05, 0.1) is 14.2 Å². The molecule has 1 aliphatic heterocycles. The van der Waals surface area contributed by atoms with Crippen LogP contribution >= 0.6 is 0 Å². The highest BCUT2D eigenvalue weighted by atomic mass is 16.5. The molecule has 0 spiro atoms. The fraction of sp³-hybridized carbons (Fsp3) is 0.280. The number of methoxy groups -OCH3 is 2. The molecule has 36 heavy (non-hydrogen) atoms. The van der Waals surface area contributed by atoms with E-state index >= 15 is 0 Å². The van der Waals surface area contributed by atoms with Crippen LogP contribution in [-0.4, -0.2) is 52.5 Å². The number of nitrogens with zero attached hydrogens (tertiary/aromatic N) is 3. The van der Waals surface area contributed by atoms with E-state index in [1.54, 1.807) is 43.2 Å². The van der Waals surface area contributed by atoms with Gasteiger partial charge in [-0.15, -0.1) is 5.10 Å². The number of aromatic nitrogens is 3. The topological polar surface area (TPSA) is 151 Å². The first-order chi connectivity index (χ1) is 17.4. The molecule has 0 unspecified atom stereocenters. The van der Waals surface area contributed by atoms with E-state index in [2.05, 4.69) is 15.4 Å². The van der Waals surface area contributed by atoms with E-state index in [0.29, 0.717) is 41.6 Å². The fourth-order valence-electron chi connectivity index (χ4n) is 4.77. The number of nitrogens with two attached hydrogens (primary N) is 1. The molecule has 0 saturated heterocycles. The molecule has 11 heteroatoms. The Morgan fingerprint density at radius 2 is 1.83 bits per heavy atom. The summed E-state index contributed by atoms with van der Waals surface area (Å²) in [5.41, 5.74) is 9.01. The Morgan fingerprint density at radius 3 is 2.53 bits per heavy atom. The van der Waals surface area contributed by atoms with Crippen molar-refractivity contribution in [2.75, 3.05) is 31.9 Å². The smallest absolute Gasteiger partial charge is 0.341 e. The van der Waals surface area contributed by atoms with Crippen molar-refractivity contribution >= 4 is 23.6 Å². The van der Waals surface area contributed by atoms with E-state index in [9.17, 15) is 9.59 Å². The molecule has 0 bridgehead atoms. The van der Waals surface area contributed by atoms with Crippen LogP contribution in [0.3, 0.4) is 0 Å². The summed E-state index contributed by atoms with van der Waals surface area (Å²) in [5, 5.41) is 16.4.